The molecule has 1 saturated heterocycles. The lowest BCUT2D eigenvalue weighted by atomic mass is 10.3. The van der Waals surface area contributed by atoms with Gasteiger partial charge in [-0.2, -0.15) is 0 Å². The number of imide groups is 1. The van der Waals surface area contributed by atoms with Gasteiger partial charge in [0.2, 0.25) is 11.8 Å². The maximum absolute atomic E-state index is 11.9. The Bertz CT molecular complexity index is 519. The normalized spacial score (nSPS) is 26.3. The summed E-state index contributed by atoms with van der Waals surface area (Å²) in [5, 5.41) is 1.79. The zero-order valence-electron chi connectivity index (χ0n) is 8.68. The molecule has 0 aromatic carbocycles. The average Bonchev–Trinajstić information content (AvgIpc) is 2.93. The molecule has 1 aliphatic heterocycles. The lowest BCUT2D eigenvalue weighted by Crippen LogP contribution is -2.37. The summed E-state index contributed by atoms with van der Waals surface area (Å²) in [5.74, 6) is -0.818. The first-order chi connectivity index (χ1) is 8.09. The van der Waals surface area contributed by atoms with Gasteiger partial charge in [-0.1, -0.05) is 0 Å². The number of amides is 2. The molecule has 4 nitrogen and oxygen atoms in total. The van der Waals surface area contributed by atoms with Crippen molar-refractivity contribution in [3.63, 3.8) is 0 Å². The number of thiophene rings is 1. The van der Waals surface area contributed by atoms with Crippen LogP contribution in [0.5, 0.6) is 0 Å². The molecule has 88 valence electrons. The number of rotatable bonds is 3. The molecule has 1 aliphatic carbocycles. The summed E-state index contributed by atoms with van der Waals surface area (Å²) < 4.78 is 0.719. The summed E-state index contributed by atoms with van der Waals surface area (Å²) in [6, 6.07) is 1.78. The molecule has 2 unspecified atom stereocenters. The number of carbonyl (C=O) groups is 3. The topological polar surface area (TPSA) is 54.5 Å². The monoisotopic (exact) mass is 313 g/mol. The number of carbonyl (C=O) groups excluding carboxylic acids is 3. The molecule has 0 bridgehead atoms. The Morgan fingerprint density at radius 2 is 2.06 bits per heavy atom. The highest BCUT2D eigenvalue weighted by atomic mass is 79.9. The Morgan fingerprint density at radius 3 is 2.59 bits per heavy atom. The second-order valence-corrected chi connectivity index (χ2v) is 6.00. The third-order valence-corrected chi connectivity index (χ3v) is 5.01. The largest absolute Gasteiger partial charge is 0.291 e. The van der Waals surface area contributed by atoms with Gasteiger partial charge in [0.25, 0.3) is 0 Å². The Balaban J connectivity index is 1.76. The molecule has 2 atom stereocenters. The summed E-state index contributed by atoms with van der Waals surface area (Å²) in [4.78, 5) is 37.0. The number of nitrogens with zero attached hydrogens (tertiary/aromatic N) is 1. The first-order valence-electron chi connectivity index (χ1n) is 5.21. The van der Waals surface area contributed by atoms with Crippen molar-refractivity contribution in [2.45, 2.75) is 6.42 Å². The van der Waals surface area contributed by atoms with Gasteiger partial charge in [-0.3, -0.25) is 19.3 Å². The minimum Gasteiger partial charge on any atom is -0.291 e. The van der Waals surface area contributed by atoms with Crippen LogP contribution in [-0.4, -0.2) is 29.0 Å². The van der Waals surface area contributed by atoms with Crippen LogP contribution in [-0.2, 0) is 9.59 Å². The van der Waals surface area contributed by atoms with Crippen LogP contribution in [0.3, 0.4) is 0 Å². The molecular formula is C11H8BrNO3S. The molecule has 6 heteroatoms. The van der Waals surface area contributed by atoms with Crippen LogP contribution < -0.4 is 0 Å². The molecule has 3 rings (SSSR count). The molecule has 2 aliphatic rings. The highest BCUT2D eigenvalue weighted by Crippen LogP contribution is 2.46. The van der Waals surface area contributed by atoms with E-state index in [1.807, 2.05) is 0 Å². The van der Waals surface area contributed by atoms with E-state index in [4.69, 9.17) is 0 Å². The van der Waals surface area contributed by atoms with Crippen LogP contribution in [0.4, 0.5) is 0 Å². The van der Waals surface area contributed by atoms with E-state index in [1.54, 1.807) is 11.4 Å². The number of halogens is 1. The van der Waals surface area contributed by atoms with Gasteiger partial charge in [0.15, 0.2) is 5.78 Å². The fraction of sp³-hybridized carbons (Fsp3) is 0.364. The Kier molecular flexibility index (Phi) is 2.45. The van der Waals surface area contributed by atoms with E-state index < -0.39 is 0 Å². The number of hydrogen-bond acceptors (Lipinski definition) is 4. The van der Waals surface area contributed by atoms with Crippen molar-refractivity contribution in [2.24, 2.45) is 11.8 Å². The van der Waals surface area contributed by atoms with Gasteiger partial charge in [-0.25, -0.2) is 0 Å². The van der Waals surface area contributed by atoms with Crippen molar-refractivity contribution < 1.29 is 14.4 Å². The van der Waals surface area contributed by atoms with Gasteiger partial charge < -0.3 is 0 Å². The van der Waals surface area contributed by atoms with Gasteiger partial charge in [0, 0.05) is 4.47 Å². The highest BCUT2D eigenvalue weighted by Gasteiger charge is 2.59. The second-order valence-electron chi connectivity index (χ2n) is 4.23. The van der Waals surface area contributed by atoms with Crippen LogP contribution in [0, 0.1) is 11.8 Å². The molecule has 1 aromatic heterocycles. The fourth-order valence-electron chi connectivity index (χ4n) is 2.11. The SMILES string of the molecule is O=C(CN1C(=O)C2CC2C1=O)c1sccc1Br. The van der Waals surface area contributed by atoms with E-state index >= 15 is 0 Å². The van der Waals surface area contributed by atoms with E-state index in [1.165, 1.54) is 11.3 Å². The molecule has 2 fully saturated rings. The average molecular weight is 314 g/mol. The fourth-order valence-corrected chi connectivity index (χ4v) is 3.64. The molecule has 1 saturated carbocycles. The lowest BCUT2D eigenvalue weighted by molar-refractivity contribution is -0.140. The summed E-state index contributed by atoms with van der Waals surface area (Å²) >= 11 is 4.58. The molecule has 0 spiro atoms. The highest BCUT2D eigenvalue weighted by molar-refractivity contribution is 9.10. The number of Topliss-reactive ketones (excluding diaryl/α,β-unsaturated/α-hetero) is 1. The van der Waals surface area contributed by atoms with E-state index in [9.17, 15) is 14.4 Å². The van der Waals surface area contributed by atoms with Crippen LogP contribution in [0.2, 0.25) is 0 Å². The van der Waals surface area contributed by atoms with Gasteiger partial charge in [0.05, 0.1) is 23.3 Å². The molecular weight excluding hydrogens is 306 g/mol. The Hall–Kier alpha value is -1.01. The van der Waals surface area contributed by atoms with Crippen LogP contribution in [0.1, 0.15) is 16.1 Å². The van der Waals surface area contributed by atoms with Crippen molar-refractivity contribution in [3.8, 4) is 0 Å². The van der Waals surface area contributed by atoms with E-state index in [0.29, 0.717) is 11.3 Å². The first kappa shape index (κ1) is 11.1. The smallest absolute Gasteiger partial charge is 0.233 e. The Morgan fingerprint density at radius 1 is 1.41 bits per heavy atom. The molecule has 2 heterocycles. The van der Waals surface area contributed by atoms with Gasteiger partial charge in [0.1, 0.15) is 0 Å². The minimum atomic E-state index is -0.185. The molecule has 1 aromatic rings. The maximum atomic E-state index is 11.9. The third-order valence-electron chi connectivity index (χ3n) is 3.13. The van der Waals surface area contributed by atoms with Crippen molar-refractivity contribution >= 4 is 44.9 Å². The van der Waals surface area contributed by atoms with Gasteiger partial charge in [-0.15, -0.1) is 11.3 Å². The number of fused-ring (bicyclic) bond motifs is 1. The summed E-state index contributed by atoms with van der Waals surface area (Å²) in [5.41, 5.74) is 0. The van der Waals surface area contributed by atoms with Crippen molar-refractivity contribution in [2.75, 3.05) is 6.54 Å². The molecule has 17 heavy (non-hydrogen) atoms. The van der Waals surface area contributed by atoms with Crippen LogP contribution in [0.15, 0.2) is 15.9 Å². The minimum absolute atomic E-state index is 0.121. The first-order valence-corrected chi connectivity index (χ1v) is 6.88. The van der Waals surface area contributed by atoms with E-state index in [2.05, 4.69) is 15.9 Å². The number of likely N-dealkylation sites (tertiary alicyclic amines) is 1. The van der Waals surface area contributed by atoms with Crippen molar-refractivity contribution in [3.05, 3.63) is 20.8 Å². The Labute approximate surface area is 110 Å². The number of piperidine rings is 1. The number of ketones is 1. The lowest BCUT2D eigenvalue weighted by Gasteiger charge is -2.14. The van der Waals surface area contributed by atoms with Crippen molar-refractivity contribution in [1.29, 1.82) is 0 Å². The van der Waals surface area contributed by atoms with Gasteiger partial charge in [-0.05, 0) is 33.8 Å². The predicted octanol–water partition coefficient (Wildman–Crippen LogP) is 1.70. The van der Waals surface area contributed by atoms with Crippen LogP contribution >= 0.6 is 27.3 Å². The second kappa shape index (κ2) is 3.74. The molecule has 2 amide bonds. The summed E-state index contributed by atoms with van der Waals surface area (Å²) in [7, 11) is 0. The summed E-state index contributed by atoms with van der Waals surface area (Å²) in [6.07, 6.45) is 0.672. The van der Waals surface area contributed by atoms with Crippen molar-refractivity contribution in [1.82, 2.24) is 4.90 Å². The number of hydrogen-bond donors (Lipinski definition) is 0. The quantitative estimate of drug-likeness (QED) is 0.630. The predicted molar refractivity (Wildman–Crippen MR) is 64.7 cm³/mol. The standard InChI is InChI=1S/C11H8BrNO3S/c12-7-1-2-17-9(7)8(14)4-13-10(15)5-3-6(5)11(13)16/h1-2,5-6H,3-4H2. The zero-order chi connectivity index (χ0) is 12.2. The van der Waals surface area contributed by atoms with E-state index in [-0.39, 0.29) is 36.0 Å². The summed E-state index contributed by atoms with van der Waals surface area (Å²) in [6.45, 7) is -0.121. The molecule has 0 radical (unpaired) electrons. The van der Waals surface area contributed by atoms with Crippen LogP contribution in [0.25, 0.3) is 0 Å². The third kappa shape index (κ3) is 1.66. The molecule has 0 N–H and O–H groups in total. The van der Waals surface area contributed by atoms with Gasteiger partial charge >= 0.3 is 0 Å². The zero-order valence-corrected chi connectivity index (χ0v) is 11.1. The van der Waals surface area contributed by atoms with E-state index in [0.717, 1.165) is 9.37 Å². The maximum Gasteiger partial charge on any atom is 0.233 e.